The second-order valence-corrected chi connectivity index (χ2v) is 19.9. The number of benzene rings is 4. The minimum Gasteiger partial charge on any atom is -0.748 e. The standard InChI is InChI=1S/C48H50N4O8S2/c1-51(2,31-13-33-61(55,56)57)29-11-19-37-21-25-41(26-22-37)45-43-44(48(54)49(45)35-39-15-7-5-8-16-39)46(50(47(43)53)36-40-17-9-6-10-18-40)42-27-23-38(24-28-42)20-12-30-52(3,4)32-14-34-62(58,59)60/h5-10,15-18,21-28H,13-14,29-36H2,1-4H3. The number of quaternary nitrogens is 2. The molecule has 12 nitrogen and oxygen atoms in total. The van der Waals surface area contributed by atoms with Crippen molar-refractivity contribution < 1.29 is 44.5 Å². The van der Waals surface area contributed by atoms with E-state index < -0.39 is 31.7 Å². The third-order valence-electron chi connectivity index (χ3n) is 10.7. The SMILES string of the molecule is C[N+](C)(CC#Cc1ccc(C2=C3C(=O)N(Cc4ccccc4)C(c4ccc(C#CC[N+](C)(C)CCCS(=O)(=O)[O-])cc4)=C3C(=O)N2Cc2ccccc2)cc1)CCCS(=O)(=O)[O-]. The molecular weight excluding hydrogens is 825 g/mol. The second kappa shape index (κ2) is 19.1. The first-order valence-electron chi connectivity index (χ1n) is 20.2. The summed E-state index contributed by atoms with van der Waals surface area (Å²) in [6.07, 6.45) is 0.489. The van der Waals surface area contributed by atoms with Crippen LogP contribution >= 0.6 is 0 Å². The van der Waals surface area contributed by atoms with Crippen molar-refractivity contribution in [2.45, 2.75) is 25.9 Å². The van der Waals surface area contributed by atoms with E-state index in [1.165, 1.54) is 0 Å². The van der Waals surface area contributed by atoms with Crippen LogP contribution in [-0.2, 0) is 42.9 Å². The van der Waals surface area contributed by atoms with Gasteiger partial charge in [-0.1, -0.05) is 96.8 Å². The van der Waals surface area contributed by atoms with Crippen molar-refractivity contribution in [3.05, 3.63) is 154 Å². The Balaban J connectivity index is 1.35. The summed E-state index contributed by atoms with van der Waals surface area (Å²) in [4.78, 5) is 33.1. The van der Waals surface area contributed by atoms with Crippen LogP contribution < -0.4 is 0 Å². The molecule has 62 heavy (non-hydrogen) atoms. The lowest BCUT2D eigenvalue weighted by Crippen LogP contribution is -2.41. The molecule has 0 saturated heterocycles. The number of carbonyl (C=O) groups is 2. The van der Waals surface area contributed by atoms with Crippen molar-refractivity contribution in [1.82, 2.24) is 9.80 Å². The van der Waals surface area contributed by atoms with Crippen molar-refractivity contribution in [3.8, 4) is 23.7 Å². The lowest BCUT2D eigenvalue weighted by atomic mass is 10.0. The van der Waals surface area contributed by atoms with E-state index in [-0.39, 0.29) is 37.7 Å². The maximum atomic E-state index is 14.9. The summed E-state index contributed by atoms with van der Waals surface area (Å²) in [5, 5.41) is 0. The molecule has 0 spiro atoms. The molecule has 0 saturated carbocycles. The molecule has 6 rings (SSSR count). The Morgan fingerprint density at radius 2 is 0.855 bits per heavy atom. The summed E-state index contributed by atoms with van der Waals surface area (Å²) in [7, 11) is -0.860. The van der Waals surface area contributed by atoms with Crippen molar-refractivity contribution in [2.24, 2.45) is 0 Å². The third kappa shape index (κ3) is 12.2. The number of nitrogens with zero attached hydrogens (tertiary/aromatic N) is 4. The van der Waals surface area contributed by atoms with Crippen LogP contribution in [0, 0.1) is 23.7 Å². The van der Waals surface area contributed by atoms with Gasteiger partial charge in [-0.3, -0.25) is 9.59 Å². The molecule has 4 aromatic carbocycles. The van der Waals surface area contributed by atoms with Crippen LogP contribution in [0.3, 0.4) is 0 Å². The van der Waals surface area contributed by atoms with Gasteiger partial charge < -0.3 is 27.9 Å². The quantitative estimate of drug-likeness (QED) is 0.0898. The van der Waals surface area contributed by atoms with Crippen molar-refractivity contribution >= 4 is 43.4 Å². The van der Waals surface area contributed by atoms with Crippen LogP contribution in [0.4, 0.5) is 0 Å². The van der Waals surface area contributed by atoms with Gasteiger partial charge >= 0.3 is 0 Å². The fraction of sp³-hybridized carbons (Fsp3) is 0.292. The summed E-state index contributed by atoms with van der Waals surface area (Å²) in [6, 6.07) is 34.1. The van der Waals surface area contributed by atoms with E-state index in [9.17, 15) is 35.5 Å². The summed E-state index contributed by atoms with van der Waals surface area (Å²) in [5.41, 5.74) is 6.25. The highest BCUT2D eigenvalue weighted by Gasteiger charge is 2.48. The number of amides is 2. The highest BCUT2D eigenvalue weighted by Crippen LogP contribution is 2.47. The van der Waals surface area contributed by atoms with Gasteiger partial charge in [-0.2, -0.15) is 0 Å². The summed E-state index contributed by atoms with van der Waals surface area (Å²) in [5.74, 6) is 11.3. The van der Waals surface area contributed by atoms with E-state index in [0.29, 0.717) is 68.8 Å². The molecule has 2 aliphatic rings. The Labute approximate surface area is 365 Å². The molecule has 0 fully saturated rings. The molecular formula is C48H50N4O8S2. The van der Waals surface area contributed by atoms with Crippen molar-refractivity contribution in [3.63, 3.8) is 0 Å². The number of hydrogen-bond acceptors (Lipinski definition) is 8. The molecule has 2 amide bonds. The van der Waals surface area contributed by atoms with Crippen LogP contribution in [0.5, 0.6) is 0 Å². The minimum atomic E-state index is -4.28. The van der Waals surface area contributed by atoms with Crippen LogP contribution in [0.25, 0.3) is 11.4 Å². The maximum Gasteiger partial charge on any atom is 0.261 e. The first-order valence-corrected chi connectivity index (χ1v) is 23.3. The van der Waals surface area contributed by atoms with Crippen molar-refractivity contribution in [2.75, 3.05) is 65.9 Å². The zero-order valence-corrected chi connectivity index (χ0v) is 37.0. The molecule has 0 aromatic heterocycles. The first-order chi connectivity index (χ1) is 29.3. The van der Waals surface area contributed by atoms with Crippen LogP contribution in [0.2, 0.25) is 0 Å². The highest BCUT2D eigenvalue weighted by molar-refractivity contribution is 7.85. The third-order valence-corrected chi connectivity index (χ3v) is 12.2. The van der Waals surface area contributed by atoms with E-state index in [2.05, 4.69) is 23.7 Å². The zero-order chi connectivity index (χ0) is 44.7. The smallest absolute Gasteiger partial charge is 0.261 e. The fourth-order valence-corrected chi connectivity index (χ4v) is 8.43. The predicted octanol–water partition coefficient (Wildman–Crippen LogP) is 4.62. The Morgan fingerprint density at radius 3 is 1.18 bits per heavy atom. The normalized spacial score (nSPS) is 14.5. The summed E-state index contributed by atoms with van der Waals surface area (Å²) < 4.78 is 67.2. The van der Waals surface area contributed by atoms with Gasteiger partial charge in [0.25, 0.3) is 11.8 Å². The predicted molar refractivity (Wildman–Crippen MR) is 237 cm³/mol. The van der Waals surface area contributed by atoms with Gasteiger partial charge in [0.15, 0.2) is 0 Å². The number of carbonyl (C=O) groups excluding carboxylic acids is 2. The molecule has 0 atom stereocenters. The van der Waals surface area contributed by atoms with Crippen molar-refractivity contribution in [1.29, 1.82) is 0 Å². The van der Waals surface area contributed by atoms with Crippen LogP contribution in [0.15, 0.2) is 120 Å². The fourth-order valence-electron chi connectivity index (χ4n) is 7.46. The molecule has 14 heteroatoms. The monoisotopic (exact) mass is 874 g/mol. The topological polar surface area (TPSA) is 155 Å². The van der Waals surface area contributed by atoms with E-state index >= 15 is 0 Å². The molecule has 2 heterocycles. The summed E-state index contributed by atoms with van der Waals surface area (Å²) in [6.45, 7) is 2.29. The second-order valence-electron chi connectivity index (χ2n) is 16.8. The molecule has 0 unspecified atom stereocenters. The molecule has 0 aliphatic carbocycles. The average Bonchev–Trinajstić information content (AvgIpc) is 3.64. The van der Waals surface area contributed by atoms with Gasteiger partial charge in [0, 0.05) is 35.5 Å². The number of rotatable bonds is 16. The van der Waals surface area contributed by atoms with Crippen LogP contribution in [0.1, 0.15) is 46.2 Å². The number of hydrogen-bond donors (Lipinski definition) is 0. The average molecular weight is 875 g/mol. The molecule has 0 bridgehead atoms. The zero-order valence-electron chi connectivity index (χ0n) is 35.3. The first kappa shape index (κ1) is 45.7. The van der Waals surface area contributed by atoms with Gasteiger partial charge in [-0.05, 0) is 58.4 Å². The molecule has 4 aromatic rings. The molecule has 0 radical (unpaired) electrons. The van der Waals surface area contributed by atoms with E-state index in [0.717, 1.165) is 22.3 Å². The van der Waals surface area contributed by atoms with E-state index in [4.69, 9.17) is 0 Å². The highest BCUT2D eigenvalue weighted by atomic mass is 32.2. The molecule has 322 valence electrons. The van der Waals surface area contributed by atoms with E-state index in [1.54, 1.807) is 9.80 Å². The Morgan fingerprint density at radius 1 is 0.516 bits per heavy atom. The molecule has 0 N–H and O–H groups in total. The van der Waals surface area contributed by atoms with Gasteiger partial charge in [0.2, 0.25) is 0 Å². The Bertz CT molecular complexity index is 2530. The van der Waals surface area contributed by atoms with Gasteiger partial charge in [-0.25, -0.2) is 16.8 Å². The van der Waals surface area contributed by atoms with Gasteiger partial charge in [0.05, 0.1) is 97.1 Å². The van der Waals surface area contributed by atoms with Crippen LogP contribution in [-0.4, -0.2) is 122 Å². The maximum absolute atomic E-state index is 14.9. The Kier molecular flexibility index (Phi) is 14.0. The summed E-state index contributed by atoms with van der Waals surface area (Å²) >= 11 is 0. The number of fused-ring (bicyclic) bond motifs is 1. The van der Waals surface area contributed by atoms with E-state index in [1.807, 2.05) is 137 Å². The lowest BCUT2D eigenvalue weighted by Gasteiger charge is -2.27. The lowest BCUT2D eigenvalue weighted by molar-refractivity contribution is -0.883. The minimum absolute atomic E-state index is 0.236. The largest absolute Gasteiger partial charge is 0.748 e. The Hall–Kier alpha value is -5.84. The van der Waals surface area contributed by atoms with Gasteiger partial charge in [-0.15, -0.1) is 0 Å². The molecule has 2 aliphatic heterocycles. The van der Waals surface area contributed by atoms with Gasteiger partial charge in [0.1, 0.15) is 13.1 Å².